The Balaban J connectivity index is 0.000000394. The van der Waals surface area contributed by atoms with Crippen molar-refractivity contribution in [3.63, 3.8) is 0 Å². The summed E-state index contributed by atoms with van der Waals surface area (Å²) in [5, 5.41) is 25.1. The Morgan fingerprint density at radius 2 is 0.689 bits per heavy atom. The van der Waals surface area contributed by atoms with Gasteiger partial charge in [-0.15, -0.1) is 0 Å². The van der Waals surface area contributed by atoms with Gasteiger partial charge in [0, 0.05) is 0 Å². The Morgan fingerprint density at radius 1 is 0.400 bits per heavy atom. The van der Waals surface area contributed by atoms with Crippen LogP contribution in [0.25, 0.3) is 0 Å². The number of ether oxygens (including phenoxy) is 1. The number of aliphatic hydroxyl groups excluding tert-OH is 1. The lowest BCUT2D eigenvalue weighted by Crippen LogP contribution is -2.67. The lowest BCUT2D eigenvalue weighted by molar-refractivity contribution is 0.000683. The minimum Gasteiger partial charge on any atom is -0.405 e. The third-order valence-corrected chi connectivity index (χ3v) is 28.7. The van der Waals surface area contributed by atoms with E-state index in [4.69, 9.17) is 13.6 Å². The summed E-state index contributed by atoms with van der Waals surface area (Å²) in [6, 6.07) is 49.4. The number of halogens is 1. The monoisotopic (exact) mass is 1270 g/mol. The summed E-state index contributed by atoms with van der Waals surface area (Å²) in [6.45, 7) is 19.5. The minimum atomic E-state index is -2.72. The Kier molecular flexibility index (Phi) is 40.7. The zero-order valence-electron chi connectivity index (χ0n) is 58.5. The first-order valence-corrected chi connectivity index (χ1v) is 40.5. The quantitative estimate of drug-likeness (QED) is 0.0310. The van der Waals surface area contributed by atoms with Crippen LogP contribution < -0.4 is 20.7 Å². The normalized spacial score (nSPS) is 12.8. The standard InChI is InChI=1S/C45H66FNO2Si.C37H62O2Si/c1-5-6-7-8-9-10-11-12-13-14-15-16-17-18-19-20-23-28-42(48-37-40-33-39(36-47)34-41(46)35-40)38-49-50(45(2,3)4,43-29-24-21-25-30-43)44-31-26-22-27-32-44;1-5-6-7-8-9-10-11-12-13-14-15-16-17-18-19-20-23-28-34(38)33-39-40(37(2,3)4,35-29-24-21-25-30-35)36-31-26-22-27-32-36/h21-22,24-27,29-35,42H,5-20,23,28,37-38H2,1-4H3;21-22,24-27,29-32,34,38H,5-20,23,28,33H2,1-4H3/t42-;34-/m11/s1. The molecule has 0 aliphatic rings. The molecule has 0 radical (unpaired) electrons. The number of aliphatic hydroxyl groups is 1. The molecule has 0 aromatic heterocycles. The molecule has 0 saturated heterocycles. The molecule has 0 aliphatic heterocycles. The Morgan fingerprint density at radius 3 is 0.989 bits per heavy atom. The molecular weight excluding hydrogens is 1140 g/mol. The van der Waals surface area contributed by atoms with Gasteiger partial charge in [0.05, 0.1) is 43.7 Å². The maximum atomic E-state index is 14.2. The molecule has 0 unspecified atom stereocenters. The largest absolute Gasteiger partial charge is 0.405 e. The summed E-state index contributed by atoms with van der Waals surface area (Å²) in [5.41, 5.74) is 0.997. The summed E-state index contributed by atoms with van der Waals surface area (Å²) in [4.78, 5) is 0. The number of nitriles is 1. The van der Waals surface area contributed by atoms with Crippen molar-refractivity contribution >= 4 is 37.4 Å². The molecule has 8 heteroatoms. The van der Waals surface area contributed by atoms with Crippen LogP contribution in [0.3, 0.4) is 0 Å². The van der Waals surface area contributed by atoms with Gasteiger partial charge in [-0.25, -0.2) is 4.39 Å². The molecule has 0 spiro atoms. The molecular formula is C82H128FNO4Si2. The summed E-state index contributed by atoms with van der Waals surface area (Å²) in [6.07, 6.45) is 47.5. The molecule has 500 valence electrons. The molecule has 1 N–H and O–H groups in total. The van der Waals surface area contributed by atoms with Gasteiger partial charge in [-0.2, -0.15) is 5.26 Å². The van der Waals surface area contributed by atoms with Crippen molar-refractivity contribution in [2.75, 3.05) is 13.2 Å². The fraction of sp³-hybridized carbons (Fsp3) is 0.622. The Labute approximate surface area is 553 Å². The van der Waals surface area contributed by atoms with E-state index >= 15 is 0 Å². The van der Waals surface area contributed by atoms with E-state index in [2.05, 4.69) is 183 Å². The third-order valence-electron chi connectivity index (χ3n) is 18.7. The van der Waals surface area contributed by atoms with Crippen LogP contribution in [0.1, 0.15) is 298 Å². The van der Waals surface area contributed by atoms with Gasteiger partial charge in [0.1, 0.15) is 5.82 Å². The predicted octanol–water partition coefficient (Wildman–Crippen LogP) is 22.2. The van der Waals surface area contributed by atoms with Gasteiger partial charge in [-0.05, 0) is 67.4 Å². The molecule has 0 fully saturated rings. The molecule has 90 heavy (non-hydrogen) atoms. The van der Waals surface area contributed by atoms with Gasteiger partial charge >= 0.3 is 0 Å². The van der Waals surface area contributed by atoms with Crippen LogP contribution in [0.5, 0.6) is 0 Å². The Hall–Kier alpha value is -4.21. The van der Waals surface area contributed by atoms with Crippen LogP contribution in [0.2, 0.25) is 10.1 Å². The average molecular weight is 1270 g/mol. The maximum absolute atomic E-state index is 14.2. The summed E-state index contributed by atoms with van der Waals surface area (Å²) in [5.74, 6) is -0.407. The molecule has 2 atom stereocenters. The molecule has 0 aliphatic carbocycles. The molecule has 0 saturated carbocycles. The van der Waals surface area contributed by atoms with Crippen LogP contribution in [0, 0.1) is 17.1 Å². The van der Waals surface area contributed by atoms with Gasteiger partial charge in [-0.3, -0.25) is 0 Å². The SMILES string of the molecule is CCCCCCCCCCCCCCCCCCC[C@@H](O)CO[Si](c1ccccc1)(c1ccccc1)C(C)(C)C.CCCCCCCCCCCCCCCCCCC[C@H](CO[Si](c1ccccc1)(c1ccccc1)C(C)(C)C)OCc1cc(F)cc(C#N)c1. The first-order valence-electron chi connectivity index (χ1n) is 36.7. The molecule has 0 amide bonds. The molecule has 5 nitrogen and oxygen atoms in total. The fourth-order valence-corrected chi connectivity index (χ4v) is 22.7. The van der Waals surface area contributed by atoms with Crippen molar-refractivity contribution in [3.8, 4) is 6.07 Å². The van der Waals surface area contributed by atoms with Crippen LogP contribution in [-0.2, 0) is 20.2 Å². The highest BCUT2D eigenvalue weighted by Gasteiger charge is 2.51. The number of hydrogen-bond donors (Lipinski definition) is 1. The highest BCUT2D eigenvalue weighted by Crippen LogP contribution is 2.38. The fourth-order valence-electron chi connectivity index (χ4n) is 13.5. The maximum Gasteiger partial charge on any atom is 0.261 e. The van der Waals surface area contributed by atoms with Crippen molar-refractivity contribution in [1.82, 2.24) is 0 Å². The van der Waals surface area contributed by atoms with Crippen LogP contribution in [0.4, 0.5) is 4.39 Å². The second-order valence-corrected chi connectivity index (χ2v) is 37.0. The van der Waals surface area contributed by atoms with Gasteiger partial charge in [0.15, 0.2) is 0 Å². The Bertz CT molecular complexity index is 2470. The molecule has 5 aromatic rings. The van der Waals surface area contributed by atoms with Crippen molar-refractivity contribution in [2.24, 2.45) is 0 Å². The second-order valence-electron chi connectivity index (χ2n) is 28.4. The van der Waals surface area contributed by atoms with Crippen molar-refractivity contribution < 1.29 is 23.1 Å². The molecule has 5 aromatic carbocycles. The number of benzene rings is 5. The zero-order chi connectivity index (χ0) is 64.9. The van der Waals surface area contributed by atoms with Gasteiger partial charge < -0.3 is 18.7 Å². The zero-order valence-corrected chi connectivity index (χ0v) is 60.5. The van der Waals surface area contributed by atoms with Crippen molar-refractivity contribution in [3.05, 3.63) is 156 Å². The van der Waals surface area contributed by atoms with E-state index in [9.17, 15) is 14.8 Å². The van der Waals surface area contributed by atoms with Crippen molar-refractivity contribution in [2.45, 2.75) is 315 Å². The van der Waals surface area contributed by atoms with E-state index in [1.807, 2.05) is 0 Å². The predicted molar refractivity (Wildman–Crippen MR) is 390 cm³/mol. The van der Waals surface area contributed by atoms with Crippen LogP contribution >= 0.6 is 0 Å². The van der Waals surface area contributed by atoms with E-state index in [1.165, 1.54) is 238 Å². The first kappa shape index (κ1) is 78.2. The van der Waals surface area contributed by atoms with Crippen LogP contribution in [0.15, 0.2) is 140 Å². The van der Waals surface area contributed by atoms with Gasteiger partial charge in [-0.1, -0.05) is 395 Å². The van der Waals surface area contributed by atoms with E-state index < -0.39 is 28.6 Å². The molecule has 5 rings (SSSR count). The van der Waals surface area contributed by atoms with E-state index in [0.29, 0.717) is 24.3 Å². The third kappa shape index (κ3) is 29.8. The minimum absolute atomic E-state index is 0.0523. The topological polar surface area (TPSA) is 71.7 Å². The van der Waals surface area contributed by atoms with E-state index in [1.54, 1.807) is 6.07 Å². The smallest absolute Gasteiger partial charge is 0.261 e. The van der Waals surface area contributed by atoms with Gasteiger partial charge in [0.25, 0.3) is 16.6 Å². The highest BCUT2D eigenvalue weighted by atomic mass is 28.4. The number of rotatable bonds is 49. The number of unbranched alkanes of at least 4 members (excludes halogenated alkanes) is 32. The second kappa shape index (κ2) is 46.8. The number of hydrogen-bond acceptors (Lipinski definition) is 5. The summed E-state index contributed by atoms with van der Waals surface area (Å²) >= 11 is 0. The molecule has 0 heterocycles. The summed E-state index contributed by atoms with van der Waals surface area (Å²) < 4.78 is 34.9. The van der Waals surface area contributed by atoms with Gasteiger partial charge in [0.2, 0.25) is 0 Å². The van der Waals surface area contributed by atoms with Crippen molar-refractivity contribution in [1.29, 1.82) is 5.26 Å². The van der Waals surface area contributed by atoms with Crippen LogP contribution in [-0.4, -0.2) is 47.2 Å². The van der Waals surface area contributed by atoms with E-state index in [-0.39, 0.29) is 22.8 Å². The highest BCUT2D eigenvalue weighted by molar-refractivity contribution is 7.00. The number of nitrogens with zero attached hydrogens (tertiary/aromatic N) is 1. The molecule has 0 bridgehead atoms. The summed E-state index contributed by atoms with van der Waals surface area (Å²) in [7, 11) is -5.28. The van der Waals surface area contributed by atoms with E-state index in [0.717, 1.165) is 25.7 Å². The average Bonchev–Trinajstić information content (AvgIpc) is 0.783. The lowest BCUT2D eigenvalue weighted by atomic mass is 10.0. The first-order chi connectivity index (χ1) is 43.7. The lowest BCUT2D eigenvalue weighted by Gasteiger charge is -2.43.